The zero-order chi connectivity index (χ0) is 42.4. The fourth-order valence-corrected chi connectivity index (χ4v) is 7.88. The van der Waals surface area contributed by atoms with Crippen LogP contribution in [0.2, 0.25) is 0 Å². The Morgan fingerprint density at radius 3 is 1.52 bits per heavy atom. The number of aliphatic hydroxyl groups excluding tert-OH is 3. The molecule has 0 bridgehead atoms. The summed E-state index contributed by atoms with van der Waals surface area (Å²) in [5.41, 5.74) is 4.43. The molecule has 2 aliphatic rings. The summed E-state index contributed by atoms with van der Waals surface area (Å²) in [5.74, 6) is 1.61. The van der Waals surface area contributed by atoms with Crippen LogP contribution >= 0.6 is 11.6 Å². The number of hydrogen-bond donors (Lipinski definition) is 5. The van der Waals surface area contributed by atoms with Crippen molar-refractivity contribution < 1.29 is 34.3 Å². The summed E-state index contributed by atoms with van der Waals surface area (Å²) in [4.78, 5) is 35.5. The number of aromatic amines is 2. The molecule has 6 heterocycles. The van der Waals surface area contributed by atoms with Gasteiger partial charge in [-0.05, 0) is 59.5 Å². The van der Waals surface area contributed by atoms with Crippen LogP contribution in [0.5, 0.6) is 11.5 Å². The zero-order valence-electron chi connectivity index (χ0n) is 33.2. The quantitative estimate of drug-likeness (QED) is 0.0841. The Labute approximate surface area is 357 Å². The second-order valence-corrected chi connectivity index (χ2v) is 14.9. The Morgan fingerprint density at radius 1 is 0.705 bits per heavy atom. The minimum atomic E-state index is -0.778. The highest BCUT2D eigenvalue weighted by atomic mass is 35.5. The standard InChI is InChI=1S/C21H19ClO2.C12H15N3O3.C11H13N3O4.CH4/c1-23-19-12-8-17(9-13-19)21(22,16-6-4-3-5-7-16)18-10-14-20(24-2)15-11-18;1-2-7-5-9(16)12(18-7)15-6-14-10-8(15)3-4-13-11(10)17;15-4-6-3-8(16)11(18-6)14-5-13-9-7(14)1-2-12-10(9)17;/h3-15H,1-2H3;3-4,6-7,9,12,16H,2,5H2,1H3,(H,13,17);1-2,5-6,8,11,15-16H,3-4H2,(H,12,17);1H4/t;7-,9-,12-;6-,8+,11+;/m.10./s1. The number of benzene rings is 3. The van der Waals surface area contributed by atoms with Gasteiger partial charge in [0.05, 0.1) is 56.7 Å². The van der Waals surface area contributed by atoms with E-state index in [1.54, 1.807) is 48.0 Å². The van der Waals surface area contributed by atoms with E-state index in [4.69, 9.17) is 35.7 Å². The van der Waals surface area contributed by atoms with Gasteiger partial charge in [-0.15, -0.1) is 11.6 Å². The molecule has 61 heavy (non-hydrogen) atoms. The van der Waals surface area contributed by atoms with Gasteiger partial charge in [0, 0.05) is 25.2 Å². The number of rotatable bonds is 9. The lowest BCUT2D eigenvalue weighted by Gasteiger charge is -2.29. The number of fused-ring (bicyclic) bond motifs is 2. The van der Waals surface area contributed by atoms with Crippen LogP contribution in [-0.4, -0.2) is 89.6 Å². The van der Waals surface area contributed by atoms with Gasteiger partial charge in [-0.3, -0.25) is 9.59 Å². The Hall–Kier alpha value is -5.81. The maximum atomic E-state index is 11.6. The van der Waals surface area contributed by atoms with Crippen molar-refractivity contribution in [2.75, 3.05) is 20.8 Å². The normalized spacial score (nSPS) is 20.9. The second kappa shape index (κ2) is 19.7. The summed E-state index contributed by atoms with van der Waals surface area (Å²) in [6.45, 7) is 1.89. The Bertz CT molecular complexity index is 2440. The number of ether oxygens (including phenoxy) is 4. The number of methoxy groups -OCH3 is 2. The number of aliphatic hydroxyl groups is 3. The fraction of sp³-hybridized carbons (Fsp3) is 0.333. The number of halogens is 1. The molecule has 2 fully saturated rings. The molecule has 6 atom stereocenters. The van der Waals surface area contributed by atoms with Crippen LogP contribution in [0, 0.1) is 0 Å². The van der Waals surface area contributed by atoms with E-state index in [0.717, 1.165) is 34.6 Å². The predicted octanol–water partition coefficient (Wildman–Crippen LogP) is 6.02. The molecule has 4 aromatic heterocycles. The number of nitrogens with zero attached hydrogens (tertiary/aromatic N) is 4. The largest absolute Gasteiger partial charge is 0.497 e. The molecule has 2 saturated heterocycles. The minimum absolute atomic E-state index is 0. The van der Waals surface area contributed by atoms with Crippen molar-refractivity contribution >= 4 is 33.7 Å². The molecule has 322 valence electrons. The van der Waals surface area contributed by atoms with Gasteiger partial charge >= 0.3 is 0 Å². The summed E-state index contributed by atoms with van der Waals surface area (Å²) in [6.07, 6.45) is 5.26. The van der Waals surface area contributed by atoms with E-state index in [2.05, 4.69) is 19.9 Å². The number of nitrogens with one attached hydrogen (secondary N) is 2. The number of pyridine rings is 2. The molecule has 15 nitrogen and oxygen atoms in total. The van der Waals surface area contributed by atoms with E-state index >= 15 is 0 Å². The third-order valence-corrected chi connectivity index (χ3v) is 11.3. The Morgan fingerprint density at radius 2 is 1.13 bits per heavy atom. The van der Waals surface area contributed by atoms with Crippen LogP contribution in [0.1, 0.15) is 62.8 Å². The van der Waals surface area contributed by atoms with Crippen molar-refractivity contribution in [3.05, 3.63) is 153 Å². The first kappa shape index (κ1) is 44.7. The highest BCUT2D eigenvalue weighted by molar-refractivity contribution is 6.28. The molecule has 16 heteroatoms. The van der Waals surface area contributed by atoms with E-state index in [-0.39, 0.29) is 37.4 Å². The average Bonchev–Trinajstić information content (AvgIpc) is 4.09. The average molecular weight is 855 g/mol. The van der Waals surface area contributed by atoms with Crippen molar-refractivity contribution in [1.82, 2.24) is 29.1 Å². The smallest absolute Gasteiger partial charge is 0.276 e. The van der Waals surface area contributed by atoms with Crippen LogP contribution in [0.25, 0.3) is 22.1 Å². The lowest BCUT2D eigenvalue weighted by atomic mass is 9.84. The van der Waals surface area contributed by atoms with E-state index in [1.165, 1.54) is 12.5 Å². The highest BCUT2D eigenvalue weighted by Gasteiger charge is 2.37. The number of imidazole rings is 2. The van der Waals surface area contributed by atoms with Crippen molar-refractivity contribution in [1.29, 1.82) is 0 Å². The van der Waals surface area contributed by atoms with Crippen molar-refractivity contribution in [3.8, 4) is 11.5 Å². The lowest BCUT2D eigenvalue weighted by Crippen LogP contribution is -2.22. The number of alkyl halides is 1. The van der Waals surface area contributed by atoms with Crippen molar-refractivity contribution in [2.24, 2.45) is 0 Å². The molecule has 0 amide bonds. The van der Waals surface area contributed by atoms with E-state index in [9.17, 15) is 19.8 Å². The molecule has 0 aliphatic carbocycles. The zero-order valence-corrected chi connectivity index (χ0v) is 34.0. The molecule has 0 saturated carbocycles. The first-order chi connectivity index (χ1) is 29.1. The minimum Gasteiger partial charge on any atom is -0.497 e. The Balaban J connectivity index is 0.000000154. The Kier molecular flexibility index (Phi) is 14.5. The first-order valence-corrected chi connectivity index (χ1v) is 19.9. The molecule has 0 radical (unpaired) electrons. The molecule has 7 aromatic rings. The van der Waals surface area contributed by atoms with Gasteiger partial charge in [-0.2, -0.15) is 0 Å². The van der Waals surface area contributed by atoms with E-state index < -0.39 is 29.5 Å². The van der Waals surface area contributed by atoms with Gasteiger partial charge < -0.3 is 53.4 Å². The first-order valence-electron chi connectivity index (χ1n) is 19.5. The van der Waals surface area contributed by atoms with Crippen LogP contribution < -0.4 is 20.6 Å². The van der Waals surface area contributed by atoms with Crippen LogP contribution in [-0.2, 0) is 14.3 Å². The van der Waals surface area contributed by atoms with Crippen LogP contribution in [0.3, 0.4) is 0 Å². The maximum absolute atomic E-state index is 11.6. The van der Waals surface area contributed by atoms with Gasteiger partial charge in [-0.1, -0.05) is 68.9 Å². The molecule has 0 unspecified atom stereocenters. The summed E-state index contributed by atoms with van der Waals surface area (Å²) in [7, 11) is 3.31. The van der Waals surface area contributed by atoms with Crippen molar-refractivity contribution in [2.45, 2.75) is 75.4 Å². The van der Waals surface area contributed by atoms with Gasteiger partial charge in [0.25, 0.3) is 11.1 Å². The van der Waals surface area contributed by atoms with Gasteiger partial charge in [0.2, 0.25) is 0 Å². The molecule has 9 rings (SSSR count). The molecule has 3 aromatic carbocycles. The van der Waals surface area contributed by atoms with Gasteiger partial charge in [0.1, 0.15) is 28.6 Å². The predicted molar refractivity (Wildman–Crippen MR) is 232 cm³/mol. The number of aromatic nitrogens is 6. The van der Waals surface area contributed by atoms with E-state index in [0.29, 0.717) is 34.9 Å². The molecule has 5 N–H and O–H groups in total. The number of H-pyrrole nitrogens is 2. The molecular formula is C45H51ClN6O9. The van der Waals surface area contributed by atoms with Crippen LogP contribution in [0.15, 0.2) is 126 Å². The van der Waals surface area contributed by atoms with Gasteiger partial charge in [0.15, 0.2) is 23.5 Å². The third-order valence-electron chi connectivity index (χ3n) is 10.7. The van der Waals surface area contributed by atoms with Crippen molar-refractivity contribution in [3.63, 3.8) is 0 Å². The summed E-state index contributed by atoms with van der Waals surface area (Å²) >= 11 is 7.22. The topological polar surface area (TPSA) is 199 Å². The maximum Gasteiger partial charge on any atom is 0.276 e. The van der Waals surface area contributed by atoms with Crippen LogP contribution in [0.4, 0.5) is 0 Å². The van der Waals surface area contributed by atoms with E-state index in [1.807, 2.05) is 85.8 Å². The highest BCUT2D eigenvalue weighted by Crippen LogP contribution is 2.44. The molecule has 0 spiro atoms. The SMILES string of the molecule is C.CC[C@@H]1C[C@@H](O)[C@H](n2cnc3c(=O)[nH]ccc32)O1.COc1ccc(C(Cl)(c2ccccc2)c2ccc(OC)cc2)cc1.O=c1[nH]ccc2c1ncn2[C@@H]1O[C@H](CO)C[C@H]1O. The summed E-state index contributed by atoms with van der Waals surface area (Å²) < 4.78 is 25.2. The second-order valence-electron chi connectivity index (χ2n) is 14.4. The fourth-order valence-electron chi connectivity index (χ4n) is 7.51. The monoisotopic (exact) mass is 854 g/mol. The molecule has 2 aliphatic heterocycles. The lowest BCUT2D eigenvalue weighted by molar-refractivity contribution is -0.0484. The molecular weight excluding hydrogens is 804 g/mol. The van der Waals surface area contributed by atoms with Gasteiger partial charge in [-0.25, -0.2) is 9.97 Å². The summed E-state index contributed by atoms with van der Waals surface area (Å²) in [5, 5.41) is 29.0. The third kappa shape index (κ3) is 9.27. The number of hydrogen-bond acceptors (Lipinski definition) is 11. The summed E-state index contributed by atoms with van der Waals surface area (Å²) in [6, 6.07) is 29.3.